The highest BCUT2D eigenvalue weighted by molar-refractivity contribution is 8.01. The third-order valence-electron chi connectivity index (χ3n) is 3.46. The molecular formula is C17H23FN4OS2. The number of rotatable bonds is 10. The van der Waals surface area contributed by atoms with E-state index in [2.05, 4.69) is 27.8 Å². The molecular weight excluding hydrogens is 359 g/mol. The van der Waals surface area contributed by atoms with E-state index in [-0.39, 0.29) is 17.8 Å². The molecule has 2 N–H and O–H groups in total. The van der Waals surface area contributed by atoms with Crippen molar-refractivity contribution in [3.63, 3.8) is 0 Å². The molecule has 5 nitrogen and oxygen atoms in total. The number of halogens is 1. The lowest BCUT2D eigenvalue weighted by molar-refractivity contribution is -0.119. The molecule has 0 saturated carbocycles. The molecule has 1 aromatic heterocycles. The van der Waals surface area contributed by atoms with Crippen molar-refractivity contribution >= 4 is 39.8 Å². The van der Waals surface area contributed by atoms with E-state index in [0.29, 0.717) is 20.9 Å². The fourth-order valence-corrected chi connectivity index (χ4v) is 3.81. The van der Waals surface area contributed by atoms with Gasteiger partial charge in [-0.3, -0.25) is 4.79 Å². The second kappa shape index (κ2) is 10.4. The normalized spacial score (nSPS) is 12.0. The van der Waals surface area contributed by atoms with Crippen LogP contribution in [0, 0.1) is 5.82 Å². The summed E-state index contributed by atoms with van der Waals surface area (Å²) < 4.78 is 13.9. The van der Waals surface area contributed by atoms with Gasteiger partial charge in [0.15, 0.2) is 4.34 Å². The van der Waals surface area contributed by atoms with Crippen molar-refractivity contribution < 1.29 is 9.18 Å². The van der Waals surface area contributed by atoms with E-state index in [9.17, 15) is 9.18 Å². The predicted octanol–water partition coefficient (Wildman–Crippen LogP) is 4.60. The quantitative estimate of drug-likeness (QED) is 0.464. The molecule has 0 radical (unpaired) electrons. The summed E-state index contributed by atoms with van der Waals surface area (Å²) in [5.74, 6) is 0.00451. The SMILES string of the molecule is CCCCC[C@H](C)NC(=O)CSc1nnc(Nc2cccc(F)c2)s1. The minimum atomic E-state index is -0.311. The lowest BCUT2D eigenvalue weighted by atomic mass is 10.1. The first-order chi connectivity index (χ1) is 12.1. The van der Waals surface area contributed by atoms with Crippen LogP contribution in [0.5, 0.6) is 0 Å². The van der Waals surface area contributed by atoms with Crippen LogP contribution in [-0.4, -0.2) is 27.9 Å². The van der Waals surface area contributed by atoms with Crippen LogP contribution in [0.4, 0.5) is 15.2 Å². The Balaban J connectivity index is 1.74. The van der Waals surface area contributed by atoms with E-state index in [1.54, 1.807) is 12.1 Å². The number of carbonyl (C=O) groups is 1. The summed E-state index contributed by atoms with van der Waals surface area (Å²) in [7, 11) is 0. The number of anilines is 2. The zero-order valence-electron chi connectivity index (χ0n) is 14.4. The molecule has 0 unspecified atom stereocenters. The van der Waals surface area contributed by atoms with Crippen molar-refractivity contribution in [2.24, 2.45) is 0 Å². The smallest absolute Gasteiger partial charge is 0.230 e. The first kappa shape index (κ1) is 19.7. The summed E-state index contributed by atoms with van der Waals surface area (Å²) in [5, 5.41) is 14.6. The summed E-state index contributed by atoms with van der Waals surface area (Å²) in [6.45, 7) is 4.20. The molecule has 2 rings (SSSR count). The van der Waals surface area contributed by atoms with Crippen molar-refractivity contribution in [1.29, 1.82) is 0 Å². The second-order valence-electron chi connectivity index (χ2n) is 5.76. The third kappa shape index (κ3) is 7.39. The van der Waals surface area contributed by atoms with Gasteiger partial charge in [-0.05, 0) is 31.5 Å². The standard InChI is InChI=1S/C17H23FN4OS2/c1-3-4-5-7-12(2)19-15(23)11-24-17-22-21-16(25-17)20-14-9-6-8-13(18)10-14/h6,8-10,12H,3-5,7,11H2,1-2H3,(H,19,23)(H,20,21)/t12-/m0/s1. The lowest BCUT2D eigenvalue weighted by Crippen LogP contribution is -2.33. The maximum absolute atomic E-state index is 13.2. The average Bonchev–Trinajstić information content (AvgIpc) is 3.01. The predicted molar refractivity (Wildman–Crippen MR) is 102 cm³/mol. The first-order valence-electron chi connectivity index (χ1n) is 8.35. The van der Waals surface area contributed by atoms with Gasteiger partial charge in [-0.1, -0.05) is 55.4 Å². The van der Waals surface area contributed by atoms with Crippen molar-refractivity contribution in [1.82, 2.24) is 15.5 Å². The average molecular weight is 383 g/mol. The highest BCUT2D eigenvalue weighted by Crippen LogP contribution is 2.27. The maximum atomic E-state index is 13.2. The highest BCUT2D eigenvalue weighted by atomic mass is 32.2. The molecule has 0 aliphatic carbocycles. The van der Waals surface area contributed by atoms with Crippen LogP contribution in [0.15, 0.2) is 28.6 Å². The van der Waals surface area contributed by atoms with Gasteiger partial charge in [0.05, 0.1) is 5.75 Å². The topological polar surface area (TPSA) is 66.9 Å². The number of hydrogen-bond donors (Lipinski definition) is 2. The van der Waals surface area contributed by atoms with Crippen LogP contribution >= 0.6 is 23.1 Å². The number of nitrogens with zero attached hydrogens (tertiary/aromatic N) is 2. The Morgan fingerprint density at radius 3 is 2.96 bits per heavy atom. The molecule has 0 saturated heterocycles. The largest absolute Gasteiger partial charge is 0.353 e. The van der Waals surface area contributed by atoms with Gasteiger partial charge in [-0.15, -0.1) is 10.2 Å². The fraction of sp³-hybridized carbons (Fsp3) is 0.471. The van der Waals surface area contributed by atoms with Gasteiger partial charge < -0.3 is 10.6 Å². The number of unbranched alkanes of at least 4 members (excludes halogenated alkanes) is 2. The highest BCUT2D eigenvalue weighted by Gasteiger charge is 2.11. The van der Waals surface area contributed by atoms with Gasteiger partial charge >= 0.3 is 0 Å². The zero-order chi connectivity index (χ0) is 18.1. The van der Waals surface area contributed by atoms with Gasteiger partial charge in [0.2, 0.25) is 11.0 Å². The Kier molecular flexibility index (Phi) is 8.14. The molecule has 1 amide bonds. The maximum Gasteiger partial charge on any atom is 0.230 e. The third-order valence-corrected chi connectivity index (χ3v) is 5.43. The van der Waals surface area contributed by atoms with Crippen LogP contribution < -0.4 is 10.6 Å². The minimum Gasteiger partial charge on any atom is -0.353 e. The number of benzene rings is 1. The van der Waals surface area contributed by atoms with Crippen LogP contribution in [0.1, 0.15) is 39.5 Å². The molecule has 25 heavy (non-hydrogen) atoms. The fourth-order valence-electron chi connectivity index (χ4n) is 2.22. The van der Waals surface area contributed by atoms with E-state index in [1.807, 2.05) is 6.92 Å². The number of nitrogens with one attached hydrogen (secondary N) is 2. The van der Waals surface area contributed by atoms with Gasteiger partial charge in [0.25, 0.3) is 0 Å². The van der Waals surface area contributed by atoms with Crippen molar-refractivity contribution in [3.05, 3.63) is 30.1 Å². The number of thioether (sulfide) groups is 1. The zero-order valence-corrected chi connectivity index (χ0v) is 16.1. The van der Waals surface area contributed by atoms with Crippen LogP contribution in [0.2, 0.25) is 0 Å². The Labute approximate surface area is 155 Å². The van der Waals surface area contributed by atoms with Gasteiger partial charge in [-0.25, -0.2) is 4.39 Å². The van der Waals surface area contributed by atoms with Crippen molar-refractivity contribution in [2.75, 3.05) is 11.1 Å². The summed E-state index contributed by atoms with van der Waals surface area (Å²) >= 11 is 2.69. The number of carbonyl (C=O) groups excluding carboxylic acids is 1. The minimum absolute atomic E-state index is 0.00355. The molecule has 1 aromatic carbocycles. The van der Waals surface area contributed by atoms with Crippen LogP contribution in [-0.2, 0) is 4.79 Å². The van der Waals surface area contributed by atoms with Crippen molar-refractivity contribution in [3.8, 4) is 0 Å². The number of hydrogen-bond acceptors (Lipinski definition) is 6. The second-order valence-corrected chi connectivity index (χ2v) is 7.96. The van der Waals surface area contributed by atoms with E-state index in [4.69, 9.17) is 0 Å². The first-order valence-corrected chi connectivity index (χ1v) is 10.1. The molecule has 0 aliphatic rings. The molecule has 8 heteroatoms. The van der Waals surface area contributed by atoms with Gasteiger partial charge in [0, 0.05) is 11.7 Å². The monoisotopic (exact) mass is 382 g/mol. The number of amides is 1. The molecule has 0 bridgehead atoms. The molecule has 1 heterocycles. The summed E-state index contributed by atoms with van der Waals surface area (Å²) in [6, 6.07) is 6.35. The summed E-state index contributed by atoms with van der Waals surface area (Å²) in [5.41, 5.74) is 0.617. The lowest BCUT2D eigenvalue weighted by Gasteiger charge is -2.12. The molecule has 0 fully saturated rings. The van der Waals surface area contributed by atoms with Crippen molar-refractivity contribution in [2.45, 2.75) is 49.9 Å². The number of aromatic nitrogens is 2. The summed E-state index contributed by atoms with van der Waals surface area (Å²) in [4.78, 5) is 12.0. The van der Waals surface area contributed by atoms with E-state index in [1.165, 1.54) is 48.1 Å². The molecule has 2 aromatic rings. The Hall–Kier alpha value is -1.67. The Bertz CT molecular complexity index is 680. The Morgan fingerprint density at radius 2 is 2.20 bits per heavy atom. The molecule has 136 valence electrons. The Morgan fingerprint density at radius 1 is 1.36 bits per heavy atom. The van der Waals surface area contributed by atoms with E-state index >= 15 is 0 Å². The molecule has 0 spiro atoms. The molecule has 1 atom stereocenters. The summed E-state index contributed by atoms with van der Waals surface area (Å²) in [6.07, 6.45) is 4.52. The van der Waals surface area contributed by atoms with E-state index < -0.39 is 0 Å². The van der Waals surface area contributed by atoms with Gasteiger partial charge in [0.1, 0.15) is 5.82 Å². The van der Waals surface area contributed by atoms with Crippen LogP contribution in [0.25, 0.3) is 0 Å². The van der Waals surface area contributed by atoms with Gasteiger partial charge in [-0.2, -0.15) is 0 Å². The van der Waals surface area contributed by atoms with Crippen LogP contribution in [0.3, 0.4) is 0 Å². The molecule has 0 aliphatic heterocycles. The van der Waals surface area contributed by atoms with E-state index in [0.717, 1.165) is 12.8 Å².